The monoisotopic (exact) mass is 772 g/mol. The molecule has 0 saturated heterocycles. The summed E-state index contributed by atoms with van der Waals surface area (Å²) in [5.74, 6) is -0.138. The van der Waals surface area contributed by atoms with Crippen LogP contribution in [0.25, 0.3) is 63.2 Å². The standard InChI is InChI=1S/C45H33N5O8/c1-57-37-17-8-10-27(42(37)53)18-20-39-47-34-22-23-48(26-32(34)45(56)49(39)29-11-4-3-5-12-29)30-24-28(43(54)38(25-30)58-2)19-21-40-46-33-14-7-6-13-31(33)44(55)50(40)41-35(51)15-9-16-36(41)52/h3-26H,1-2H3,(H3,46,51,52,54,55)/p+1. The largest absolute Gasteiger partial charge is 0.506 e. The van der Waals surface area contributed by atoms with Crippen LogP contribution in [0.5, 0.6) is 34.5 Å². The summed E-state index contributed by atoms with van der Waals surface area (Å²) < 4.78 is 15.1. The zero-order valence-electron chi connectivity index (χ0n) is 31.0. The molecule has 8 rings (SSSR count). The van der Waals surface area contributed by atoms with Crippen LogP contribution in [0.15, 0.2) is 131 Å². The third-order valence-corrected chi connectivity index (χ3v) is 9.55. The summed E-state index contributed by atoms with van der Waals surface area (Å²) in [5.41, 5.74) is 1.55. The van der Waals surface area contributed by atoms with E-state index in [9.17, 15) is 30.0 Å². The lowest BCUT2D eigenvalue weighted by molar-refractivity contribution is -0.594. The number of fused-ring (bicyclic) bond motifs is 2. The predicted octanol–water partition coefficient (Wildman–Crippen LogP) is 6.54. The highest BCUT2D eigenvalue weighted by atomic mass is 16.5. The third kappa shape index (κ3) is 6.62. The summed E-state index contributed by atoms with van der Waals surface area (Å²) in [6.07, 6.45) is 9.66. The first-order valence-corrected chi connectivity index (χ1v) is 17.9. The van der Waals surface area contributed by atoms with E-state index in [1.54, 1.807) is 102 Å². The number of aromatic nitrogens is 5. The van der Waals surface area contributed by atoms with Gasteiger partial charge >= 0.3 is 0 Å². The topological polar surface area (TPSA) is 173 Å². The summed E-state index contributed by atoms with van der Waals surface area (Å²) >= 11 is 0. The molecule has 0 amide bonds. The molecule has 0 spiro atoms. The van der Waals surface area contributed by atoms with E-state index in [4.69, 9.17) is 14.5 Å². The van der Waals surface area contributed by atoms with Crippen LogP contribution in [0, 0.1) is 0 Å². The number of hydrogen-bond acceptors (Lipinski definition) is 10. The van der Waals surface area contributed by atoms with Crippen LogP contribution in [-0.2, 0) is 0 Å². The van der Waals surface area contributed by atoms with Gasteiger partial charge in [0, 0.05) is 23.3 Å². The molecule has 3 heterocycles. The molecule has 13 heteroatoms. The Kier molecular flexibility index (Phi) is 9.61. The number of hydrogen-bond donors (Lipinski definition) is 4. The number of benzene rings is 5. The highest BCUT2D eigenvalue weighted by Crippen LogP contribution is 2.35. The average molecular weight is 773 g/mol. The number of para-hydroxylation sites is 4. The molecule has 5 aromatic carbocycles. The van der Waals surface area contributed by atoms with Gasteiger partial charge in [-0.25, -0.2) is 9.97 Å². The molecule has 3 aromatic heterocycles. The average Bonchev–Trinajstić information content (AvgIpc) is 3.24. The van der Waals surface area contributed by atoms with Crippen LogP contribution in [-0.4, -0.2) is 53.7 Å². The second-order valence-corrected chi connectivity index (χ2v) is 13.0. The first-order chi connectivity index (χ1) is 28.2. The van der Waals surface area contributed by atoms with Gasteiger partial charge in [0.05, 0.1) is 42.4 Å². The molecule has 8 aromatic rings. The molecule has 58 heavy (non-hydrogen) atoms. The van der Waals surface area contributed by atoms with Crippen LogP contribution in [0.3, 0.4) is 0 Å². The zero-order valence-corrected chi connectivity index (χ0v) is 31.0. The molecule has 4 N–H and O–H groups in total. The molecule has 0 aliphatic heterocycles. The van der Waals surface area contributed by atoms with E-state index >= 15 is 0 Å². The van der Waals surface area contributed by atoms with Gasteiger partial charge in [0.1, 0.15) is 34.2 Å². The second-order valence-electron chi connectivity index (χ2n) is 13.0. The molecule has 0 aliphatic rings. The molecule has 0 radical (unpaired) electrons. The second kappa shape index (κ2) is 15.2. The Labute approximate surface area is 329 Å². The molecule has 0 fully saturated rings. The molecule has 0 saturated carbocycles. The normalized spacial score (nSPS) is 11.6. The van der Waals surface area contributed by atoms with E-state index in [-0.39, 0.29) is 62.2 Å². The number of nitrogens with zero attached hydrogens (tertiary/aromatic N) is 5. The summed E-state index contributed by atoms with van der Waals surface area (Å²) in [4.78, 5) is 37.7. The van der Waals surface area contributed by atoms with Gasteiger partial charge in [-0.15, -0.1) is 0 Å². The number of methoxy groups -OCH3 is 2. The fraction of sp³-hybridized carbons (Fsp3) is 0.0444. The van der Waals surface area contributed by atoms with Crippen molar-refractivity contribution >= 4 is 46.1 Å². The van der Waals surface area contributed by atoms with Crippen LogP contribution >= 0.6 is 0 Å². The number of ether oxygens (including phenoxy) is 2. The minimum absolute atomic E-state index is 0.0482. The van der Waals surface area contributed by atoms with Crippen LogP contribution in [0.2, 0.25) is 0 Å². The first-order valence-electron chi connectivity index (χ1n) is 17.9. The van der Waals surface area contributed by atoms with E-state index in [2.05, 4.69) is 4.98 Å². The lowest BCUT2D eigenvalue weighted by Gasteiger charge is -2.14. The lowest BCUT2D eigenvalue weighted by atomic mass is 10.1. The van der Waals surface area contributed by atoms with Crippen LogP contribution in [0.4, 0.5) is 0 Å². The lowest BCUT2D eigenvalue weighted by Crippen LogP contribution is -2.32. The highest BCUT2D eigenvalue weighted by molar-refractivity contribution is 5.82. The number of phenols is 4. The Hall–Kier alpha value is -8.19. The van der Waals surface area contributed by atoms with Gasteiger partial charge in [-0.2, -0.15) is 4.57 Å². The van der Waals surface area contributed by atoms with Crippen molar-refractivity contribution in [3.8, 4) is 51.6 Å². The van der Waals surface area contributed by atoms with Gasteiger partial charge < -0.3 is 29.9 Å². The molecule has 0 unspecified atom stereocenters. The van der Waals surface area contributed by atoms with Crippen molar-refractivity contribution in [3.05, 3.63) is 165 Å². The Bertz CT molecular complexity index is 3060. The number of pyridine rings is 1. The molecule has 0 aliphatic carbocycles. The van der Waals surface area contributed by atoms with E-state index in [0.29, 0.717) is 39.5 Å². The van der Waals surface area contributed by atoms with Gasteiger partial charge in [-0.3, -0.25) is 18.7 Å². The molecular weight excluding hydrogens is 739 g/mol. The molecule has 286 valence electrons. The first kappa shape index (κ1) is 36.8. The van der Waals surface area contributed by atoms with Crippen LogP contribution < -0.4 is 25.2 Å². The maximum Gasteiger partial charge on any atom is 0.272 e. The Balaban J connectivity index is 1.25. The van der Waals surface area contributed by atoms with Gasteiger partial charge in [0.25, 0.3) is 11.1 Å². The summed E-state index contributed by atoms with van der Waals surface area (Å²) in [6.45, 7) is 0. The van der Waals surface area contributed by atoms with Crippen molar-refractivity contribution in [2.24, 2.45) is 0 Å². The fourth-order valence-electron chi connectivity index (χ4n) is 6.69. The number of aromatic hydroxyl groups is 4. The SMILES string of the molecule is COc1cccc(/C=C/c2nc3cc[n+](-c4cc(/C=C/c5nc6ccccc6c(=O)n5-c5c(O)cccc5O)c(O)c(OC)c4)cc3c(=O)n2-c2ccccc2)c1O. The van der Waals surface area contributed by atoms with Gasteiger partial charge in [-0.1, -0.05) is 48.5 Å². The summed E-state index contributed by atoms with van der Waals surface area (Å²) in [5, 5.41) is 44.0. The van der Waals surface area contributed by atoms with E-state index < -0.39 is 5.56 Å². The van der Waals surface area contributed by atoms with E-state index in [0.717, 1.165) is 4.57 Å². The number of rotatable bonds is 9. The summed E-state index contributed by atoms with van der Waals surface area (Å²) in [6, 6.07) is 30.0. The molecule has 13 nitrogen and oxygen atoms in total. The maximum atomic E-state index is 14.4. The molecular formula is C45H34N5O8+. The predicted molar refractivity (Wildman–Crippen MR) is 220 cm³/mol. The maximum absolute atomic E-state index is 14.4. The minimum atomic E-state index is -0.531. The van der Waals surface area contributed by atoms with Crippen molar-refractivity contribution in [1.29, 1.82) is 0 Å². The van der Waals surface area contributed by atoms with Gasteiger partial charge in [0.2, 0.25) is 5.69 Å². The van der Waals surface area contributed by atoms with Crippen molar-refractivity contribution in [2.45, 2.75) is 0 Å². The van der Waals surface area contributed by atoms with Gasteiger partial charge in [0.15, 0.2) is 35.4 Å². The van der Waals surface area contributed by atoms with E-state index in [1.165, 1.54) is 49.1 Å². The Morgan fingerprint density at radius 2 is 1.19 bits per heavy atom. The van der Waals surface area contributed by atoms with Crippen molar-refractivity contribution in [1.82, 2.24) is 19.1 Å². The van der Waals surface area contributed by atoms with Crippen molar-refractivity contribution < 1.29 is 34.5 Å². The van der Waals surface area contributed by atoms with Crippen LogP contribution in [0.1, 0.15) is 22.8 Å². The third-order valence-electron chi connectivity index (χ3n) is 9.55. The van der Waals surface area contributed by atoms with Gasteiger partial charge in [-0.05, 0) is 66.8 Å². The zero-order chi connectivity index (χ0) is 40.5. The summed E-state index contributed by atoms with van der Waals surface area (Å²) in [7, 11) is 2.87. The van der Waals surface area contributed by atoms with Crippen molar-refractivity contribution in [2.75, 3.05) is 14.2 Å². The Morgan fingerprint density at radius 3 is 1.91 bits per heavy atom. The van der Waals surface area contributed by atoms with E-state index in [1.807, 2.05) is 18.2 Å². The Morgan fingerprint density at radius 1 is 0.586 bits per heavy atom. The smallest absolute Gasteiger partial charge is 0.272 e. The van der Waals surface area contributed by atoms with Crippen molar-refractivity contribution in [3.63, 3.8) is 0 Å². The quantitative estimate of drug-likeness (QED) is 0.118. The molecule has 0 bridgehead atoms. The highest BCUT2D eigenvalue weighted by Gasteiger charge is 2.21. The fourth-order valence-corrected chi connectivity index (χ4v) is 6.69. The molecule has 0 atom stereocenters. The minimum Gasteiger partial charge on any atom is -0.506 e. The number of phenolic OH excluding ortho intramolecular Hbond substituents is 4.